The molecule has 2 amide bonds. The SMILES string of the molecule is CC(C)(C)OC(=O)Nc1ccc(-c2cc(NC(=O)c3cnc(-c4ccsc4)s3)n[nH]2)cc1. The smallest absolute Gasteiger partial charge is 0.412 e. The van der Waals surface area contributed by atoms with E-state index < -0.39 is 11.7 Å². The number of amides is 2. The minimum Gasteiger partial charge on any atom is -0.444 e. The zero-order chi connectivity index (χ0) is 22.7. The number of aromatic nitrogens is 3. The maximum atomic E-state index is 12.5. The Bertz CT molecular complexity index is 1220. The molecular formula is C22H21N5O3S2. The van der Waals surface area contributed by atoms with Crippen molar-refractivity contribution in [1.29, 1.82) is 0 Å². The summed E-state index contributed by atoms with van der Waals surface area (Å²) < 4.78 is 5.25. The molecule has 8 nitrogen and oxygen atoms in total. The van der Waals surface area contributed by atoms with E-state index in [0.29, 0.717) is 16.4 Å². The third-order valence-electron chi connectivity index (χ3n) is 4.16. The number of thiazole rings is 1. The van der Waals surface area contributed by atoms with E-state index in [1.54, 1.807) is 35.7 Å². The second-order valence-electron chi connectivity index (χ2n) is 7.87. The monoisotopic (exact) mass is 467 g/mol. The van der Waals surface area contributed by atoms with Crippen molar-refractivity contribution in [3.8, 4) is 21.8 Å². The van der Waals surface area contributed by atoms with E-state index in [1.165, 1.54) is 11.3 Å². The number of H-pyrrole nitrogens is 1. The first-order chi connectivity index (χ1) is 15.3. The van der Waals surface area contributed by atoms with E-state index in [4.69, 9.17) is 4.74 Å². The lowest BCUT2D eigenvalue weighted by Crippen LogP contribution is -2.27. The predicted molar refractivity (Wildman–Crippen MR) is 127 cm³/mol. The second kappa shape index (κ2) is 8.93. The van der Waals surface area contributed by atoms with Gasteiger partial charge in [0, 0.05) is 22.7 Å². The number of rotatable bonds is 5. The maximum absolute atomic E-state index is 12.5. The number of aromatic amines is 1. The molecule has 0 unspecified atom stereocenters. The number of benzene rings is 1. The van der Waals surface area contributed by atoms with Crippen LogP contribution in [0, 0.1) is 0 Å². The van der Waals surface area contributed by atoms with Crippen LogP contribution in [0.3, 0.4) is 0 Å². The van der Waals surface area contributed by atoms with Gasteiger partial charge in [0.2, 0.25) is 0 Å². The van der Waals surface area contributed by atoms with E-state index in [0.717, 1.165) is 21.8 Å². The topological polar surface area (TPSA) is 109 Å². The van der Waals surface area contributed by atoms with Gasteiger partial charge >= 0.3 is 6.09 Å². The molecule has 0 aliphatic heterocycles. The molecule has 10 heteroatoms. The molecule has 0 saturated heterocycles. The van der Waals surface area contributed by atoms with E-state index in [1.807, 2.05) is 49.7 Å². The van der Waals surface area contributed by atoms with Gasteiger partial charge in [-0.15, -0.1) is 11.3 Å². The van der Waals surface area contributed by atoms with Gasteiger partial charge in [0.25, 0.3) is 5.91 Å². The summed E-state index contributed by atoms with van der Waals surface area (Å²) in [5.41, 5.74) is 2.64. The quantitative estimate of drug-likeness (QED) is 0.341. The summed E-state index contributed by atoms with van der Waals surface area (Å²) in [6.07, 6.45) is 1.05. The summed E-state index contributed by atoms with van der Waals surface area (Å²) >= 11 is 2.92. The van der Waals surface area contributed by atoms with Gasteiger partial charge in [-0.05, 0) is 49.9 Å². The first-order valence-electron chi connectivity index (χ1n) is 9.72. The molecule has 3 heterocycles. The highest BCUT2D eigenvalue weighted by atomic mass is 32.1. The number of hydrogen-bond acceptors (Lipinski definition) is 7. The third kappa shape index (κ3) is 5.40. The first kappa shape index (κ1) is 21.7. The van der Waals surface area contributed by atoms with Crippen molar-refractivity contribution in [3.05, 3.63) is 58.2 Å². The van der Waals surface area contributed by atoms with Crippen LogP contribution in [0.25, 0.3) is 21.8 Å². The molecule has 164 valence electrons. The van der Waals surface area contributed by atoms with E-state index in [-0.39, 0.29) is 5.91 Å². The molecule has 0 aliphatic carbocycles. The molecule has 0 bridgehead atoms. The Balaban J connectivity index is 1.38. The second-order valence-corrected chi connectivity index (χ2v) is 9.68. The number of thiophene rings is 1. The summed E-state index contributed by atoms with van der Waals surface area (Å²) in [6, 6.07) is 10.9. The van der Waals surface area contributed by atoms with E-state index >= 15 is 0 Å². The average molecular weight is 468 g/mol. The van der Waals surface area contributed by atoms with Gasteiger partial charge in [0.1, 0.15) is 15.5 Å². The fraction of sp³-hybridized carbons (Fsp3) is 0.182. The van der Waals surface area contributed by atoms with Crippen LogP contribution in [0.4, 0.5) is 16.3 Å². The molecule has 4 aromatic rings. The maximum Gasteiger partial charge on any atom is 0.412 e. The Morgan fingerprint density at radius 2 is 1.84 bits per heavy atom. The van der Waals surface area contributed by atoms with Crippen molar-refractivity contribution in [2.24, 2.45) is 0 Å². The van der Waals surface area contributed by atoms with Crippen molar-refractivity contribution in [3.63, 3.8) is 0 Å². The van der Waals surface area contributed by atoms with Crippen LogP contribution in [0.5, 0.6) is 0 Å². The fourth-order valence-electron chi connectivity index (χ4n) is 2.76. The lowest BCUT2D eigenvalue weighted by atomic mass is 10.1. The van der Waals surface area contributed by atoms with Crippen LogP contribution in [0.15, 0.2) is 53.4 Å². The van der Waals surface area contributed by atoms with Crippen LogP contribution in [-0.4, -0.2) is 32.8 Å². The van der Waals surface area contributed by atoms with Gasteiger partial charge < -0.3 is 10.1 Å². The molecule has 0 aliphatic rings. The number of hydrogen-bond donors (Lipinski definition) is 3. The molecule has 0 saturated carbocycles. The largest absolute Gasteiger partial charge is 0.444 e. The number of anilines is 2. The van der Waals surface area contributed by atoms with Gasteiger partial charge in [-0.25, -0.2) is 9.78 Å². The molecule has 1 aromatic carbocycles. The Morgan fingerprint density at radius 1 is 1.06 bits per heavy atom. The van der Waals surface area contributed by atoms with Gasteiger partial charge in [0.15, 0.2) is 5.82 Å². The molecule has 0 atom stereocenters. The van der Waals surface area contributed by atoms with Crippen molar-refractivity contribution in [2.75, 3.05) is 10.6 Å². The van der Waals surface area contributed by atoms with E-state index in [2.05, 4.69) is 25.8 Å². The molecule has 4 rings (SSSR count). The van der Waals surface area contributed by atoms with Crippen molar-refractivity contribution >= 4 is 46.2 Å². The fourth-order valence-corrected chi connectivity index (χ4v) is 4.29. The molecule has 0 spiro atoms. The van der Waals surface area contributed by atoms with Gasteiger partial charge in [-0.1, -0.05) is 12.1 Å². The number of nitrogens with one attached hydrogen (secondary N) is 3. The number of carbonyl (C=O) groups excluding carboxylic acids is 2. The molecule has 32 heavy (non-hydrogen) atoms. The number of carbonyl (C=O) groups is 2. The van der Waals surface area contributed by atoms with Gasteiger partial charge in [0.05, 0.1) is 11.9 Å². The average Bonchev–Trinajstić information content (AvgIpc) is 3.48. The summed E-state index contributed by atoms with van der Waals surface area (Å²) in [4.78, 5) is 29.3. The normalized spacial score (nSPS) is 11.2. The molecule has 3 aromatic heterocycles. The van der Waals surface area contributed by atoms with Gasteiger partial charge in [-0.2, -0.15) is 16.4 Å². The van der Waals surface area contributed by atoms with Crippen molar-refractivity contribution in [2.45, 2.75) is 26.4 Å². The van der Waals surface area contributed by atoms with Crippen LogP contribution in [-0.2, 0) is 4.74 Å². The van der Waals surface area contributed by atoms with E-state index in [9.17, 15) is 9.59 Å². The third-order valence-corrected chi connectivity index (χ3v) is 5.89. The zero-order valence-corrected chi connectivity index (χ0v) is 19.3. The van der Waals surface area contributed by atoms with Crippen LogP contribution < -0.4 is 10.6 Å². The van der Waals surface area contributed by atoms with Crippen molar-refractivity contribution < 1.29 is 14.3 Å². The van der Waals surface area contributed by atoms with Crippen molar-refractivity contribution in [1.82, 2.24) is 15.2 Å². The highest BCUT2D eigenvalue weighted by Crippen LogP contribution is 2.28. The summed E-state index contributed by atoms with van der Waals surface area (Å²) in [5, 5.41) is 17.3. The van der Waals surface area contributed by atoms with Gasteiger partial charge in [-0.3, -0.25) is 15.2 Å². The predicted octanol–water partition coefficient (Wildman–Crippen LogP) is 5.86. The Labute approximate surface area is 192 Å². The minimum absolute atomic E-state index is 0.265. The Hall–Kier alpha value is -3.50. The summed E-state index contributed by atoms with van der Waals surface area (Å²) in [5.74, 6) is 0.144. The number of ether oxygens (including phenoxy) is 1. The highest BCUT2D eigenvalue weighted by Gasteiger charge is 2.17. The van der Waals surface area contributed by atoms with Crippen LogP contribution in [0.1, 0.15) is 30.4 Å². The zero-order valence-electron chi connectivity index (χ0n) is 17.6. The molecule has 0 radical (unpaired) electrons. The summed E-state index contributed by atoms with van der Waals surface area (Å²) in [7, 11) is 0. The van der Waals surface area contributed by atoms with Crippen LogP contribution >= 0.6 is 22.7 Å². The molecular weight excluding hydrogens is 446 g/mol. The Kier molecular flexibility index (Phi) is 6.06. The molecule has 0 fully saturated rings. The standard InChI is InChI=1S/C22H21N5O3S2/c1-22(2,3)30-21(29)24-15-6-4-13(5-7-15)16-10-18(27-26-16)25-19(28)17-11-23-20(32-17)14-8-9-31-12-14/h4-12H,1-3H3,(H,24,29)(H2,25,26,27,28). The number of nitrogens with zero attached hydrogens (tertiary/aromatic N) is 2. The first-order valence-corrected chi connectivity index (χ1v) is 11.5. The minimum atomic E-state index is -0.564. The van der Waals surface area contributed by atoms with Crippen LogP contribution in [0.2, 0.25) is 0 Å². The Morgan fingerprint density at radius 3 is 2.53 bits per heavy atom. The molecule has 3 N–H and O–H groups in total. The lowest BCUT2D eigenvalue weighted by molar-refractivity contribution is 0.0635. The highest BCUT2D eigenvalue weighted by molar-refractivity contribution is 7.17. The summed E-state index contributed by atoms with van der Waals surface area (Å²) in [6.45, 7) is 5.42. The lowest BCUT2D eigenvalue weighted by Gasteiger charge is -2.19.